The van der Waals surface area contributed by atoms with Gasteiger partial charge < -0.3 is 15.2 Å². The van der Waals surface area contributed by atoms with E-state index in [0.29, 0.717) is 0 Å². The molecule has 2 aromatic rings. The molecule has 0 saturated heterocycles. The molecular weight excluding hydrogens is 290 g/mol. The van der Waals surface area contributed by atoms with Gasteiger partial charge in [-0.05, 0) is 12.1 Å². The number of carboxylic acid groups (broad SMARTS) is 1. The number of carbonyl (C=O) groups excluding carboxylic acids is 2. The molecule has 0 saturated carbocycles. The standard InChI is InChI=1S/C14H13N3O5/c1-17-11(14(21)22-2)7-10(16-17)12(18)15-9-6-4-3-5-8(9)13(19)20/h3-7H,1-2H3,(H,15,18)(H,19,20). The average molecular weight is 303 g/mol. The van der Waals surface area contributed by atoms with Crippen LogP contribution in [-0.4, -0.2) is 39.8 Å². The Kier molecular flexibility index (Phi) is 4.21. The first-order chi connectivity index (χ1) is 10.4. The van der Waals surface area contributed by atoms with Crippen LogP contribution < -0.4 is 5.32 Å². The van der Waals surface area contributed by atoms with Crippen LogP contribution in [-0.2, 0) is 11.8 Å². The van der Waals surface area contributed by atoms with Crippen molar-refractivity contribution in [1.82, 2.24) is 9.78 Å². The second-order valence-electron chi connectivity index (χ2n) is 4.33. The van der Waals surface area contributed by atoms with Gasteiger partial charge in [0.2, 0.25) is 0 Å². The summed E-state index contributed by atoms with van der Waals surface area (Å²) in [6, 6.07) is 7.25. The molecule has 1 amide bonds. The van der Waals surface area contributed by atoms with Crippen LogP contribution in [0.5, 0.6) is 0 Å². The van der Waals surface area contributed by atoms with E-state index in [1.165, 1.54) is 37.0 Å². The van der Waals surface area contributed by atoms with Crippen molar-refractivity contribution >= 4 is 23.5 Å². The molecule has 0 fully saturated rings. The van der Waals surface area contributed by atoms with Crippen LogP contribution in [0.4, 0.5) is 5.69 Å². The molecule has 22 heavy (non-hydrogen) atoms. The molecule has 0 aliphatic carbocycles. The van der Waals surface area contributed by atoms with Crippen LogP contribution in [0.15, 0.2) is 30.3 Å². The minimum Gasteiger partial charge on any atom is -0.478 e. The van der Waals surface area contributed by atoms with E-state index in [-0.39, 0.29) is 22.6 Å². The summed E-state index contributed by atoms with van der Waals surface area (Å²) in [6.45, 7) is 0. The van der Waals surface area contributed by atoms with E-state index in [1.54, 1.807) is 12.1 Å². The zero-order valence-corrected chi connectivity index (χ0v) is 11.9. The van der Waals surface area contributed by atoms with Crippen LogP contribution in [0.3, 0.4) is 0 Å². The van der Waals surface area contributed by atoms with Crippen molar-refractivity contribution in [3.63, 3.8) is 0 Å². The van der Waals surface area contributed by atoms with E-state index in [0.717, 1.165) is 0 Å². The SMILES string of the molecule is COC(=O)c1cc(C(=O)Nc2ccccc2C(=O)O)nn1C. The number of methoxy groups -OCH3 is 1. The molecule has 2 rings (SSSR count). The fourth-order valence-electron chi connectivity index (χ4n) is 1.84. The lowest BCUT2D eigenvalue weighted by Crippen LogP contribution is -2.15. The molecule has 0 spiro atoms. The van der Waals surface area contributed by atoms with Gasteiger partial charge in [0.15, 0.2) is 5.69 Å². The number of nitrogens with zero attached hydrogens (tertiary/aromatic N) is 2. The second kappa shape index (κ2) is 6.08. The lowest BCUT2D eigenvalue weighted by Gasteiger charge is -2.06. The first-order valence-electron chi connectivity index (χ1n) is 6.20. The van der Waals surface area contributed by atoms with E-state index in [1.807, 2.05) is 0 Å². The van der Waals surface area contributed by atoms with Crippen LogP contribution in [0.25, 0.3) is 0 Å². The Labute approximate surface area is 125 Å². The Hall–Kier alpha value is -3.16. The monoisotopic (exact) mass is 303 g/mol. The molecule has 8 nitrogen and oxygen atoms in total. The predicted octanol–water partition coefficient (Wildman–Crippen LogP) is 1.16. The molecule has 0 bridgehead atoms. The number of hydrogen-bond donors (Lipinski definition) is 2. The number of carboxylic acids is 1. The lowest BCUT2D eigenvalue weighted by molar-refractivity contribution is 0.0587. The number of aromatic carboxylic acids is 1. The van der Waals surface area contributed by atoms with E-state index >= 15 is 0 Å². The summed E-state index contributed by atoms with van der Waals surface area (Å²) in [5, 5.41) is 15.4. The Morgan fingerprint density at radius 1 is 1.27 bits per heavy atom. The van der Waals surface area contributed by atoms with Crippen LogP contribution in [0.2, 0.25) is 0 Å². The maximum Gasteiger partial charge on any atom is 0.356 e. The molecule has 0 aliphatic heterocycles. The largest absolute Gasteiger partial charge is 0.478 e. The van der Waals surface area contributed by atoms with Crippen molar-refractivity contribution < 1.29 is 24.2 Å². The number of anilines is 1. The summed E-state index contributed by atoms with van der Waals surface area (Å²) in [5.74, 6) is -2.41. The van der Waals surface area contributed by atoms with Gasteiger partial charge in [0.25, 0.3) is 5.91 Å². The highest BCUT2D eigenvalue weighted by Crippen LogP contribution is 2.16. The normalized spacial score (nSPS) is 10.1. The molecule has 0 unspecified atom stereocenters. The minimum absolute atomic E-state index is 0.0249. The number of ether oxygens (including phenoxy) is 1. The number of hydrogen-bond acceptors (Lipinski definition) is 5. The van der Waals surface area contributed by atoms with Gasteiger partial charge in [-0.25, -0.2) is 9.59 Å². The van der Waals surface area contributed by atoms with Gasteiger partial charge in [-0.2, -0.15) is 5.10 Å². The number of aryl methyl sites for hydroxylation is 1. The Balaban J connectivity index is 2.27. The third-order valence-electron chi connectivity index (χ3n) is 2.91. The Bertz CT molecular complexity index is 751. The second-order valence-corrected chi connectivity index (χ2v) is 4.33. The topological polar surface area (TPSA) is 111 Å². The number of carbonyl (C=O) groups is 3. The fraction of sp³-hybridized carbons (Fsp3) is 0.143. The molecule has 0 atom stereocenters. The Morgan fingerprint density at radius 3 is 2.59 bits per heavy atom. The van der Waals surface area contributed by atoms with Gasteiger partial charge in [0.1, 0.15) is 5.69 Å². The van der Waals surface area contributed by atoms with Crippen molar-refractivity contribution in [2.75, 3.05) is 12.4 Å². The summed E-state index contributed by atoms with van der Waals surface area (Å²) < 4.78 is 5.78. The van der Waals surface area contributed by atoms with Gasteiger partial charge in [0.05, 0.1) is 18.4 Å². The lowest BCUT2D eigenvalue weighted by atomic mass is 10.2. The summed E-state index contributed by atoms with van der Waals surface area (Å²) >= 11 is 0. The fourth-order valence-corrected chi connectivity index (χ4v) is 1.84. The average Bonchev–Trinajstić information content (AvgIpc) is 2.89. The van der Waals surface area contributed by atoms with E-state index in [4.69, 9.17) is 5.11 Å². The van der Waals surface area contributed by atoms with Crippen molar-refractivity contribution in [2.24, 2.45) is 7.05 Å². The molecule has 114 valence electrons. The number of esters is 1. The van der Waals surface area contributed by atoms with Crippen molar-refractivity contribution in [3.05, 3.63) is 47.3 Å². The number of benzene rings is 1. The van der Waals surface area contributed by atoms with Gasteiger partial charge in [-0.15, -0.1) is 0 Å². The number of amides is 1. The molecule has 0 radical (unpaired) electrons. The minimum atomic E-state index is -1.16. The van der Waals surface area contributed by atoms with Crippen LogP contribution in [0, 0.1) is 0 Å². The summed E-state index contributed by atoms with van der Waals surface area (Å²) in [4.78, 5) is 34.7. The zero-order chi connectivity index (χ0) is 16.3. The molecule has 1 aromatic heterocycles. The summed E-state index contributed by atoms with van der Waals surface area (Å²) in [6.07, 6.45) is 0. The predicted molar refractivity (Wildman–Crippen MR) is 75.9 cm³/mol. The van der Waals surface area contributed by atoms with Gasteiger partial charge in [-0.3, -0.25) is 9.48 Å². The molecule has 0 aliphatic rings. The smallest absolute Gasteiger partial charge is 0.356 e. The number of aromatic nitrogens is 2. The maximum absolute atomic E-state index is 12.1. The number of nitrogens with one attached hydrogen (secondary N) is 1. The number of rotatable bonds is 4. The quantitative estimate of drug-likeness (QED) is 0.820. The van der Waals surface area contributed by atoms with E-state index < -0.39 is 17.8 Å². The van der Waals surface area contributed by atoms with Crippen molar-refractivity contribution in [3.8, 4) is 0 Å². The van der Waals surface area contributed by atoms with Crippen LogP contribution in [0.1, 0.15) is 31.3 Å². The maximum atomic E-state index is 12.1. The third kappa shape index (κ3) is 2.95. The summed E-state index contributed by atoms with van der Waals surface area (Å²) in [7, 11) is 2.71. The van der Waals surface area contributed by atoms with Gasteiger partial charge >= 0.3 is 11.9 Å². The first-order valence-corrected chi connectivity index (χ1v) is 6.20. The zero-order valence-electron chi connectivity index (χ0n) is 11.9. The van der Waals surface area contributed by atoms with Crippen molar-refractivity contribution in [1.29, 1.82) is 0 Å². The third-order valence-corrected chi connectivity index (χ3v) is 2.91. The number of para-hydroxylation sites is 1. The molecule has 1 aromatic carbocycles. The van der Waals surface area contributed by atoms with E-state index in [9.17, 15) is 14.4 Å². The molecule has 2 N–H and O–H groups in total. The molecule has 1 heterocycles. The highest BCUT2D eigenvalue weighted by Gasteiger charge is 2.19. The highest BCUT2D eigenvalue weighted by atomic mass is 16.5. The highest BCUT2D eigenvalue weighted by molar-refractivity contribution is 6.07. The first kappa shape index (κ1) is 15.2. The van der Waals surface area contributed by atoms with Crippen molar-refractivity contribution in [2.45, 2.75) is 0 Å². The molecular formula is C14H13N3O5. The molecule has 8 heteroatoms. The van der Waals surface area contributed by atoms with Gasteiger partial charge in [-0.1, -0.05) is 12.1 Å². The van der Waals surface area contributed by atoms with E-state index in [2.05, 4.69) is 15.2 Å². The van der Waals surface area contributed by atoms with Crippen LogP contribution >= 0.6 is 0 Å². The Morgan fingerprint density at radius 2 is 1.95 bits per heavy atom. The van der Waals surface area contributed by atoms with Gasteiger partial charge in [0, 0.05) is 13.1 Å². The summed E-state index contributed by atoms with van der Waals surface area (Å²) in [5.41, 5.74) is 0.188.